The number of hydrazone groups is 1. The first-order valence-corrected chi connectivity index (χ1v) is 12.9. The number of ether oxygens (including phenoxy) is 2. The summed E-state index contributed by atoms with van der Waals surface area (Å²) in [4.78, 5) is 37.4. The minimum Gasteiger partial charge on any atom is -0.493 e. The lowest BCUT2D eigenvalue weighted by Gasteiger charge is -2.09. The summed E-state index contributed by atoms with van der Waals surface area (Å²) in [6.45, 7) is 0. The Hall–Kier alpha value is -4.92. The van der Waals surface area contributed by atoms with E-state index in [1.807, 2.05) is 30.3 Å². The fraction of sp³-hybridized carbons (Fsp3) is 0.0323. The molecule has 0 aliphatic rings. The van der Waals surface area contributed by atoms with Crippen LogP contribution in [0, 0.1) is 0 Å². The number of benzene rings is 4. The van der Waals surface area contributed by atoms with E-state index in [-0.39, 0.29) is 21.9 Å². The Kier molecular flexibility index (Phi) is 9.88. The Morgan fingerprint density at radius 1 is 0.805 bits per heavy atom. The number of methoxy groups -OCH3 is 1. The van der Waals surface area contributed by atoms with E-state index in [0.29, 0.717) is 22.0 Å². The predicted octanol–water partition coefficient (Wildman–Crippen LogP) is 6.64. The average Bonchev–Trinajstić information content (AvgIpc) is 2.97. The molecule has 0 atom stereocenters. The normalized spacial score (nSPS) is 10.9. The van der Waals surface area contributed by atoms with Gasteiger partial charge in [-0.1, -0.05) is 59.6 Å². The minimum atomic E-state index is -0.560. The fourth-order valence-electron chi connectivity index (χ4n) is 3.56. The van der Waals surface area contributed by atoms with Crippen molar-refractivity contribution in [1.29, 1.82) is 0 Å². The zero-order chi connectivity index (χ0) is 29.2. The van der Waals surface area contributed by atoms with E-state index >= 15 is 0 Å². The molecule has 2 amide bonds. The van der Waals surface area contributed by atoms with Gasteiger partial charge in [-0.05, 0) is 71.8 Å². The van der Waals surface area contributed by atoms with Crippen molar-refractivity contribution in [2.24, 2.45) is 5.10 Å². The third-order valence-corrected chi connectivity index (χ3v) is 6.10. The molecule has 2 N–H and O–H groups in total. The average molecular weight is 588 g/mol. The molecule has 41 heavy (non-hydrogen) atoms. The van der Waals surface area contributed by atoms with E-state index in [1.54, 1.807) is 48.5 Å². The SMILES string of the molecule is COc1cc(C=NNC(=O)c2cccc(NC(=O)c3ccc(Cl)cc3Cl)c2)ccc1OC(=O)/C=C/c1ccccc1. The number of carbonyl (C=O) groups is 3. The number of carbonyl (C=O) groups excluding carboxylic acids is 3. The topological polar surface area (TPSA) is 106 Å². The maximum atomic E-state index is 12.6. The number of hydrogen-bond donors (Lipinski definition) is 2. The van der Waals surface area contributed by atoms with Crippen molar-refractivity contribution >= 4 is 59.0 Å². The van der Waals surface area contributed by atoms with Gasteiger partial charge < -0.3 is 14.8 Å². The molecule has 0 unspecified atom stereocenters. The van der Waals surface area contributed by atoms with Crippen molar-refractivity contribution in [2.45, 2.75) is 0 Å². The summed E-state index contributed by atoms with van der Waals surface area (Å²) in [7, 11) is 1.45. The summed E-state index contributed by atoms with van der Waals surface area (Å²) in [6, 6.07) is 25.1. The highest BCUT2D eigenvalue weighted by atomic mass is 35.5. The number of anilines is 1. The molecule has 0 saturated carbocycles. The summed E-state index contributed by atoms with van der Waals surface area (Å²) in [6.07, 6.45) is 4.39. The molecule has 0 heterocycles. The molecule has 0 aliphatic carbocycles. The summed E-state index contributed by atoms with van der Waals surface area (Å²) >= 11 is 12.0. The first-order chi connectivity index (χ1) is 19.8. The van der Waals surface area contributed by atoms with E-state index in [0.717, 1.165) is 5.56 Å². The van der Waals surface area contributed by atoms with Crippen LogP contribution in [0.2, 0.25) is 10.0 Å². The van der Waals surface area contributed by atoms with Gasteiger partial charge in [-0.15, -0.1) is 0 Å². The third-order valence-electron chi connectivity index (χ3n) is 5.55. The second kappa shape index (κ2) is 13.9. The van der Waals surface area contributed by atoms with Gasteiger partial charge in [0.25, 0.3) is 11.8 Å². The van der Waals surface area contributed by atoms with Gasteiger partial charge in [0.05, 0.1) is 23.9 Å². The van der Waals surface area contributed by atoms with Crippen LogP contribution in [0.5, 0.6) is 11.5 Å². The van der Waals surface area contributed by atoms with E-state index in [9.17, 15) is 14.4 Å². The first-order valence-electron chi connectivity index (χ1n) is 12.2. The highest BCUT2D eigenvalue weighted by molar-refractivity contribution is 6.37. The molecule has 0 bridgehead atoms. The molecular weight excluding hydrogens is 565 g/mol. The van der Waals surface area contributed by atoms with Crippen LogP contribution in [0.25, 0.3) is 6.08 Å². The number of rotatable bonds is 9. The van der Waals surface area contributed by atoms with E-state index in [4.69, 9.17) is 32.7 Å². The number of hydrogen-bond acceptors (Lipinski definition) is 6. The van der Waals surface area contributed by atoms with Gasteiger partial charge in [-0.2, -0.15) is 5.10 Å². The molecule has 4 rings (SSSR count). The van der Waals surface area contributed by atoms with Crippen molar-refractivity contribution in [3.63, 3.8) is 0 Å². The van der Waals surface area contributed by atoms with Crippen molar-refractivity contribution in [3.05, 3.63) is 129 Å². The van der Waals surface area contributed by atoms with Gasteiger partial charge in [-0.25, -0.2) is 10.2 Å². The largest absolute Gasteiger partial charge is 0.493 e. The van der Waals surface area contributed by atoms with Gasteiger partial charge in [0.2, 0.25) is 0 Å². The number of nitrogens with zero attached hydrogens (tertiary/aromatic N) is 1. The van der Waals surface area contributed by atoms with Gasteiger partial charge in [-0.3, -0.25) is 9.59 Å². The van der Waals surface area contributed by atoms with E-state index < -0.39 is 17.8 Å². The Morgan fingerprint density at radius 3 is 2.37 bits per heavy atom. The van der Waals surface area contributed by atoms with Crippen LogP contribution in [0.1, 0.15) is 31.8 Å². The van der Waals surface area contributed by atoms with Crippen LogP contribution in [-0.2, 0) is 4.79 Å². The highest BCUT2D eigenvalue weighted by Gasteiger charge is 2.13. The minimum absolute atomic E-state index is 0.209. The summed E-state index contributed by atoms with van der Waals surface area (Å²) in [5.74, 6) is -0.959. The molecule has 0 saturated heterocycles. The fourth-order valence-corrected chi connectivity index (χ4v) is 4.05. The molecule has 8 nitrogen and oxygen atoms in total. The maximum absolute atomic E-state index is 12.6. The number of esters is 1. The molecule has 0 aliphatic heterocycles. The monoisotopic (exact) mass is 587 g/mol. The molecule has 0 spiro atoms. The Balaban J connectivity index is 1.35. The zero-order valence-electron chi connectivity index (χ0n) is 21.6. The Bertz CT molecular complexity index is 1640. The molecule has 0 fully saturated rings. The first kappa shape index (κ1) is 29.1. The van der Waals surface area contributed by atoms with Crippen LogP contribution in [0.3, 0.4) is 0 Å². The molecule has 0 radical (unpaired) electrons. The van der Waals surface area contributed by atoms with Crippen LogP contribution in [0.15, 0.2) is 102 Å². The summed E-state index contributed by atoms with van der Waals surface area (Å²) in [5, 5.41) is 7.31. The number of nitrogens with one attached hydrogen (secondary N) is 2. The van der Waals surface area contributed by atoms with Crippen molar-refractivity contribution in [2.75, 3.05) is 12.4 Å². The zero-order valence-corrected chi connectivity index (χ0v) is 23.1. The summed E-state index contributed by atoms with van der Waals surface area (Å²) < 4.78 is 10.7. The molecule has 10 heteroatoms. The van der Waals surface area contributed by atoms with E-state index in [2.05, 4.69) is 15.8 Å². The quantitative estimate of drug-likeness (QED) is 0.0750. The van der Waals surface area contributed by atoms with Crippen LogP contribution >= 0.6 is 23.2 Å². The molecule has 0 aromatic heterocycles. The van der Waals surface area contributed by atoms with Crippen molar-refractivity contribution < 1.29 is 23.9 Å². The van der Waals surface area contributed by atoms with Gasteiger partial charge in [0.15, 0.2) is 11.5 Å². The predicted molar refractivity (Wildman–Crippen MR) is 160 cm³/mol. The van der Waals surface area contributed by atoms with Gasteiger partial charge >= 0.3 is 5.97 Å². The van der Waals surface area contributed by atoms with Crippen molar-refractivity contribution in [1.82, 2.24) is 5.43 Å². The standard InChI is InChI=1S/C31H23Cl2N3O5/c1-40-28-16-21(10-14-27(28)41-29(37)15-11-20-6-3-2-4-7-20)19-34-36-30(38)22-8-5-9-24(17-22)35-31(39)25-13-12-23(32)18-26(25)33/h2-19H,1H3,(H,35,39)(H,36,38)/b15-11+,34-19?. The summed E-state index contributed by atoms with van der Waals surface area (Å²) in [5.41, 5.74) is 4.80. The Labute approximate surface area is 246 Å². The highest BCUT2D eigenvalue weighted by Crippen LogP contribution is 2.28. The lowest BCUT2D eigenvalue weighted by Crippen LogP contribution is -2.18. The van der Waals surface area contributed by atoms with Crippen LogP contribution in [0.4, 0.5) is 5.69 Å². The molecule has 4 aromatic carbocycles. The smallest absolute Gasteiger partial charge is 0.336 e. The Morgan fingerprint density at radius 2 is 1.61 bits per heavy atom. The number of amides is 2. The van der Waals surface area contributed by atoms with Gasteiger partial charge in [0.1, 0.15) is 0 Å². The molecular formula is C31H23Cl2N3O5. The van der Waals surface area contributed by atoms with Crippen LogP contribution < -0.4 is 20.2 Å². The lowest BCUT2D eigenvalue weighted by molar-refractivity contribution is -0.129. The van der Waals surface area contributed by atoms with Crippen molar-refractivity contribution in [3.8, 4) is 11.5 Å². The number of halogens is 2. The van der Waals surface area contributed by atoms with E-state index in [1.165, 1.54) is 37.6 Å². The second-order valence-electron chi connectivity index (χ2n) is 8.43. The molecule has 4 aromatic rings. The third kappa shape index (κ3) is 8.28. The second-order valence-corrected chi connectivity index (χ2v) is 9.28. The molecule has 206 valence electrons. The lowest BCUT2D eigenvalue weighted by atomic mass is 10.1. The van der Waals surface area contributed by atoms with Gasteiger partial charge in [0, 0.05) is 22.3 Å². The maximum Gasteiger partial charge on any atom is 0.336 e. The van der Waals surface area contributed by atoms with Crippen LogP contribution in [-0.4, -0.2) is 31.1 Å².